The molecule has 0 aromatic heterocycles. The normalized spacial score (nSPS) is 16.3. The minimum atomic E-state index is 0.245. The Morgan fingerprint density at radius 2 is 1.93 bits per heavy atom. The molecule has 3 rings (SSSR count). The number of benzene rings is 2. The third-order valence-corrected chi connectivity index (χ3v) is 4.41. The van der Waals surface area contributed by atoms with E-state index in [-0.39, 0.29) is 6.10 Å². The third-order valence-electron chi connectivity index (χ3n) is 4.41. The first-order valence-corrected chi connectivity index (χ1v) is 9.71. The molecule has 1 atom stereocenters. The lowest BCUT2D eigenvalue weighted by Crippen LogP contribution is -2.16. The molecule has 1 fully saturated rings. The average molecular weight is 371 g/mol. The Balaban J connectivity index is 1.42. The molecule has 0 saturated carbocycles. The largest absolute Gasteiger partial charge is 0.491 e. The molecule has 2 aromatic carbocycles. The Labute approximate surface area is 161 Å². The molecule has 0 aliphatic carbocycles. The predicted molar refractivity (Wildman–Crippen MR) is 107 cm³/mol. The lowest BCUT2D eigenvalue weighted by molar-refractivity contribution is 0.0679. The van der Waals surface area contributed by atoms with Crippen LogP contribution in [0.4, 0.5) is 5.69 Å². The Morgan fingerprint density at radius 1 is 1.04 bits per heavy atom. The standard InChI is InChI=1S/C22H29NO4/c1-2-24-13-14-26-21-6-3-5-19(15-21)23-16-18-8-10-20(11-9-18)27-17-22-7-4-12-25-22/h3,5-6,8-11,15,22-23H,2,4,7,12-14,16-17H2,1H3. The van der Waals surface area contributed by atoms with Gasteiger partial charge in [-0.05, 0) is 49.6 Å². The second-order valence-electron chi connectivity index (χ2n) is 6.52. The van der Waals surface area contributed by atoms with Gasteiger partial charge in [0.25, 0.3) is 0 Å². The Hall–Kier alpha value is -2.24. The zero-order valence-electron chi connectivity index (χ0n) is 16.0. The zero-order chi connectivity index (χ0) is 18.7. The molecule has 1 unspecified atom stereocenters. The molecule has 2 aromatic rings. The number of ether oxygens (including phenoxy) is 4. The van der Waals surface area contributed by atoms with Gasteiger partial charge in [-0.2, -0.15) is 0 Å². The Bertz CT molecular complexity index is 668. The van der Waals surface area contributed by atoms with Crippen molar-refractivity contribution in [1.82, 2.24) is 0 Å². The fourth-order valence-corrected chi connectivity index (χ4v) is 2.93. The highest BCUT2D eigenvalue weighted by Gasteiger charge is 2.15. The predicted octanol–water partition coefficient (Wildman–Crippen LogP) is 4.27. The van der Waals surface area contributed by atoms with Crippen LogP contribution in [0.5, 0.6) is 11.5 Å². The number of hydrogen-bond acceptors (Lipinski definition) is 5. The number of nitrogens with one attached hydrogen (secondary N) is 1. The van der Waals surface area contributed by atoms with Crippen molar-refractivity contribution in [2.45, 2.75) is 32.4 Å². The molecule has 146 valence electrons. The minimum Gasteiger partial charge on any atom is -0.491 e. The van der Waals surface area contributed by atoms with Crippen molar-refractivity contribution in [1.29, 1.82) is 0 Å². The molecule has 5 nitrogen and oxygen atoms in total. The topological polar surface area (TPSA) is 49.0 Å². The molecule has 1 heterocycles. The van der Waals surface area contributed by atoms with Gasteiger partial charge >= 0.3 is 0 Å². The van der Waals surface area contributed by atoms with E-state index in [4.69, 9.17) is 18.9 Å². The molecule has 1 N–H and O–H groups in total. The maximum absolute atomic E-state index is 5.81. The summed E-state index contributed by atoms with van der Waals surface area (Å²) in [5.74, 6) is 1.73. The van der Waals surface area contributed by atoms with Crippen LogP contribution in [0, 0.1) is 0 Å². The number of anilines is 1. The van der Waals surface area contributed by atoms with Crippen LogP contribution in [0.25, 0.3) is 0 Å². The molecule has 0 bridgehead atoms. The van der Waals surface area contributed by atoms with E-state index in [0.717, 1.165) is 43.2 Å². The maximum Gasteiger partial charge on any atom is 0.121 e. The molecule has 5 heteroatoms. The van der Waals surface area contributed by atoms with Crippen molar-refractivity contribution in [3.63, 3.8) is 0 Å². The second kappa shape index (κ2) is 10.8. The van der Waals surface area contributed by atoms with E-state index in [0.29, 0.717) is 26.4 Å². The summed E-state index contributed by atoms with van der Waals surface area (Å²) in [5.41, 5.74) is 2.23. The Morgan fingerprint density at radius 3 is 2.70 bits per heavy atom. The van der Waals surface area contributed by atoms with Crippen molar-refractivity contribution >= 4 is 5.69 Å². The molecule has 0 radical (unpaired) electrons. The van der Waals surface area contributed by atoms with Gasteiger partial charge in [0, 0.05) is 31.5 Å². The summed E-state index contributed by atoms with van der Waals surface area (Å²) >= 11 is 0. The SMILES string of the molecule is CCOCCOc1cccc(NCc2ccc(OCC3CCCO3)cc2)c1. The van der Waals surface area contributed by atoms with Crippen LogP contribution in [0.3, 0.4) is 0 Å². The van der Waals surface area contributed by atoms with Crippen molar-refractivity contribution < 1.29 is 18.9 Å². The lowest BCUT2D eigenvalue weighted by atomic mass is 10.2. The molecule has 0 spiro atoms. The highest BCUT2D eigenvalue weighted by atomic mass is 16.5. The van der Waals surface area contributed by atoms with E-state index in [1.54, 1.807) is 0 Å². The molecule has 0 amide bonds. The van der Waals surface area contributed by atoms with Crippen LogP contribution in [-0.2, 0) is 16.0 Å². The number of hydrogen-bond donors (Lipinski definition) is 1. The Kier molecular flexibility index (Phi) is 7.81. The van der Waals surface area contributed by atoms with Crippen molar-refractivity contribution in [3.8, 4) is 11.5 Å². The van der Waals surface area contributed by atoms with E-state index >= 15 is 0 Å². The molecule has 1 saturated heterocycles. The van der Waals surface area contributed by atoms with Gasteiger partial charge in [0.2, 0.25) is 0 Å². The van der Waals surface area contributed by atoms with Crippen molar-refractivity contribution in [2.24, 2.45) is 0 Å². The first-order valence-electron chi connectivity index (χ1n) is 9.71. The maximum atomic E-state index is 5.81. The minimum absolute atomic E-state index is 0.245. The van der Waals surface area contributed by atoms with Gasteiger partial charge in [0.05, 0.1) is 12.7 Å². The monoisotopic (exact) mass is 371 g/mol. The molecule has 1 aliphatic heterocycles. The first kappa shape index (κ1) is 19.5. The van der Waals surface area contributed by atoms with Crippen LogP contribution in [0.2, 0.25) is 0 Å². The van der Waals surface area contributed by atoms with E-state index in [1.165, 1.54) is 5.56 Å². The third kappa shape index (κ3) is 6.77. The van der Waals surface area contributed by atoms with E-state index < -0.39 is 0 Å². The van der Waals surface area contributed by atoms with Crippen LogP contribution in [0.1, 0.15) is 25.3 Å². The van der Waals surface area contributed by atoms with Crippen LogP contribution in [-0.4, -0.2) is 39.1 Å². The second-order valence-corrected chi connectivity index (χ2v) is 6.52. The summed E-state index contributed by atoms with van der Waals surface area (Å²) < 4.78 is 22.4. The highest BCUT2D eigenvalue weighted by molar-refractivity contribution is 5.48. The quantitative estimate of drug-likeness (QED) is 0.598. The van der Waals surface area contributed by atoms with Crippen LogP contribution >= 0.6 is 0 Å². The zero-order valence-corrected chi connectivity index (χ0v) is 16.0. The van der Waals surface area contributed by atoms with Crippen molar-refractivity contribution in [2.75, 3.05) is 38.4 Å². The average Bonchev–Trinajstić information content (AvgIpc) is 3.23. The summed E-state index contributed by atoms with van der Waals surface area (Å²) in [6.07, 6.45) is 2.47. The first-order chi connectivity index (χ1) is 13.3. The van der Waals surface area contributed by atoms with Crippen LogP contribution < -0.4 is 14.8 Å². The van der Waals surface area contributed by atoms with Crippen LogP contribution in [0.15, 0.2) is 48.5 Å². The molecule has 27 heavy (non-hydrogen) atoms. The van der Waals surface area contributed by atoms with Gasteiger partial charge in [-0.3, -0.25) is 0 Å². The van der Waals surface area contributed by atoms with E-state index in [1.807, 2.05) is 43.3 Å². The van der Waals surface area contributed by atoms with Gasteiger partial charge in [-0.1, -0.05) is 18.2 Å². The van der Waals surface area contributed by atoms with Gasteiger partial charge in [0.1, 0.15) is 24.7 Å². The summed E-state index contributed by atoms with van der Waals surface area (Å²) in [5, 5.41) is 3.43. The summed E-state index contributed by atoms with van der Waals surface area (Å²) in [6.45, 7) is 6.09. The smallest absolute Gasteiger partial charge is 0.121 e. The fourth-order valence-electron chi connectivity index (χ4n) is 2.93. The fraction of sp³-hybridized carbons (Fsp3) is 0.455. The highest BCUT2D eigenvalue weighted by Crippen LogP contribution is 2.20. The summed E-state index contributed by atoms with van der Waals surface area (Å²) in [4.78, 5) is 0. The van der Waals surface area contributed by atoms with E-state index in [9.17, 15) is 0 Å². The van der Waals surface area contributed by atoms with Gasteiger partial charge in [-0.25, -0.2) is 0 Å². The lowest BCUT2D eigenvalue weighted by Gasteiger charge is -2.12. The van der Waals surface area contributed by atoms with Crippen molar-refractivity contribution in [3.05, 3.63) is 54.1 Å². The van der Waals surface area contributed by atoms with Gasteiger partial charge in [-0.15, -0.1) is 0 Å². The number of rotatable bonds is 11. The van der Waals surface area contributed by atoms with Gasteiger partial charge in [0.15, 0.2) is 0 Å². The molecular formula is C22H29NO4. The van der Waals surface area contributed by atoms with E-state index in [2.05, 4.69) is 17.4 Å². The molecular weight excluding hydrogens is 342 g/mol. The van der Waals surface area contributed by atoms with Gasteiger partial charge < -0.3 is 24.3 Å². The summed E-state index contributed by atoms with van der Waals surface area (Å²) in [7, 11) is 0. The summed E-state index contributed by atoms with van der Waals surface area (Å²) in [6, 6.07) is 16.2. The molecule has 1 aliphatic rings.